The Labute approximate surface area is 104 Å². The third-order valence-corrected chi connectivity index (χ3v) is 2.04. The Kier molecular flexibility index (Phi) is 3.56. The predicted molar refractivity (Wildman–Crippen MR) is 66.8 cm³/mol. The van der Waals surface area contributed by atoms with Crippen LogP contribution in [0.2, 0.25) is 0 Å². The zero-order valence-corrected chi connectivity index (χ0v) is 9.70. The minimum atomic E-state index is 0.130. The second kappa shape index (κ2) is 5.50. The summed E-state index contributed by atoms with van der Waals surface area (Å²) in [6.07, 6.45) is 10.3. The van der Waals surface area contributed by atoms with Crippen LogP contribution < -0.4 is 5.32 Å². The highest BCUT2D eigenvalue weighted by Crippen LogP contribution is 2.10. The zero-order valence-electron chi connectivity index (χ0n) is 9.70. The van der Waals surface area contributed by atoms with Crippen LogP contribution in [0.15, 0.2) is 30.9 Å². The van der Waals surface area contributed by atoms with Crippen LogP contribution in [0.5, 0.6) is 0 Å². The summed E-state index contributed by atoms with van der Waals surface area (Å²) in [5, 5.41) is 11.5. The average Bonchev–Trinajstić information content (AvgIpc) is 2.42. The maximum Gasteiger partial charge on any atom is 0.232 e. The highest BCUT2D eigenvalue weighted by molar-refractivity contribution is 5.52. The zero-order chi connectivity index (χ0) is 12.8. The third kappa shape index (κ3) is 2.86. The predicted octanol–water partition coefficient (Wildman–Crippen LogP) is 1.91. The smallest absolute Gasteiger partial charge is 0.232 e. The molecule has 0 bridgehead atoms. The van der Waals surface area contributed by atoms with Gasteiger partial charge in [-0.25, -0.2) is 19.9 Å². The molecule has 0 aliphatic rings. The Morgan fingerprint density at radius 1 is 1.11 bits per heavy atom. The third-order valence-electron chi connectivity index (χ3n) is 2.04. The molecule has 2 rings (SSSR count). The number of hydrogen-bond acceptors (Lipinski definition) is 6. The summed E-state index contributed by atoms with van der Waals surface area (Å²) < 4.78 is 0. The lowest BCUT2D eigenvalue weighted by molar-refractivity contribution is 1.10. The Morgan fingerprint density at radius 3 is 2.33 bits per heavy atom. The van der Waals surface area contributed by atoms with Gasteiger partial charge in [0.05, 0.1) is 18.1 Å². The first-order chi connectivity index (χ1) is 8.81. The van der Waals surface area contributed by atoms with E-state index in [1.165, 1.54) is 12.4 Å². The molecule has 0 fully saturated rings. The van der Waals surface area contributed by atoms with E-state index in [-0.39, 0.29) is 5.82 Å². The maximum absolute atomic E-state index is 8.57. The molecule has 0 atom stereocenters. The molecule has 2 aromatic rings. The minimum Gasteiger partial charge on any atom is -0.322 e. The summed E-state index contributed by atoms with van der Waals surface area (Å²) in [6, 6.07) is 1.85. The Morgan fingerprint density at radius 2 is 1.78 bits per heavy atom. The highest BCUT2D eigenvalue weighted by Gasteiger charge is 1.99. The van der Waals surface area contributed by atoms with Crippen molar-refractivity contribution >= 4 is 17.7 Å². The molecule has 0 amide bonds. The van der Waals surface area contributed by atoms with Crippen LogP contribution in [0.4, 0.5) is 11.6 Å². The number of nitrogens with one attached hydrogen (secondary N) is 1. The van der Waals surface area contributed by atoms with Gasteiger partial charge in [-0.3, -0.25) is 0 Å². The topological polar surface area (TPSA) is 87.4 Å². The van der Waals surface area contributed by atoms with Gasteiger partial charge in [0.2, 0.25) is 11.8 Å². The minimum absolute atomic E-state index is 0.130. The van der Waals surface area contributed by atoms with Gasteiger partial charge in [-0.1, -0.05) is 12.2 Å². The number of nitriles is 1. The Hall–Kier alpha value is -2.81. The van der Waals surface area contributed by atoms with Crippen molar-refractivity contribution in [2.45, 2.75) is 6.92 Å². The maximum atomic E-state index is 8.57. The van der Waals surface area contributed by atoms with Crippen molar-refractivity contribution in [1.82, 2.24) is 19.9 Å². The lowest BCUT2D eigenvalue weighted by Crippen LogP contribution is -1.98. The van der Waals surface area contributed by atoms with Gasteiger partial charge in [-0.15, -0.1) is 0 Å². The van der Waals surface area contributed by atoms with Gasteiger partial charge < -0.3 is 5.32 Å². The first kappa shape index (κ1) is 11.7. The molecule has 0 aliphatic carbocycles. The van der Waals surface area contributed by atoms with Crippen LogP contribution in [-0.4, -0.2) is 19.9 Å². The van der Waals surface area contributed by atoms with Gasteiger partial charge in [-0.2, -0.15) is 5.26 Å². The Balaban J connectivity index is 2.11. The van der Waals surface area contributed by atoms with Crippen molar-refractivity contribution < 1.29 is 0 Å². The van der Waals surface area contributed by atoms with Crippen LogP contribution >= 0.6 is 0 Å². The molecule has 1 N–H and O–H groups in total. The molecular weight excluding hydrogens is 228 g/mol. The van der Waals surface area contributed by atoms with Crippen molar-refractivity contribution in [1.29, 1.82) is 5.26 Å². The van der Waals surface area contributed by atoms with Crippen LogP contribution in [0.3, 0.4) is 0 Å². The highest BCUT2D eigenvalue weighted by atomic mass is 15.1. The summed E-state index contributed by atoms with van der Waals surface area (Å²) in [4.78, 5) is 16.0. The standard InChI is InChI=1S/C12H10N6/c1-2-3-9-5-16-12(17-6-9)18-10-7-14-11(4-13)15-8-10/h2-3,5-8H,1H3,(H,16,17,18)/b3-2+. The lowest BCUT2D eigenvalue weighted by atomic mass is 10.3. The van der Waals surface area contributed by atoms with Crippen molar-refractivity contribution in [2.75, 3.05) is 5.32 Å². The molecule has 0 spiro atoms. The van der Waals surface area contributed by atoms with Gasteiger partial charge in [0.1, 0.15) is 6.07 Å². The van der Waals surface area contributed by atoms with Gasteiger partial charge in [0, 0.05) is 18.0 Å². The molecule has 0 saturated carbocycles. The van der Waals surface area contributed by atoms with Gasteiger partial charge >= 0.3 is 0 Å². The van der Waals surface area contributed by atoms with Gasteiger partial charge in [-0.05, 0) is 6.92 Å². The number of hydrogen-bond donors (Lipinski definition) is 1. The summed E-state index contributed by atoms with van der Waals surface area (Å²) in [5.41, 5.74) is 1.56. The van der Waals surface area contributed by atoms with Crippen molar-refractivity contribution in [3.63, 3.8) is 0 Å². The molecule has 0 radical (unpaired) electrons. The van der Waals surface area contributed by atoms with Crippen molar-refractivity contribution in [3.8, 4) is 6.07 Å². The fourth-order valence-electron chi connectivity index (χ4n) is 1.26. The quantitative estimate of drug-likeness (QED) is 0.878. The average molecular weight is 238 g/mol. The second-order valence-corrected chi connectivity index (χ2v) is 3.37. The molecule has 6 nitrogen and oxygen atoms in total. The molecule has 0 unspecified atom stereocenters. The molecule has 2 heterocycles. The molecule has 18 heavy (non-hydrogen) atoms. The number of rotatable bonds is 3. The van der Waals surface area contributed by atoms with Gasteiger partial charge in [0.15, 0.2) is 0 Å². The summed E-state index contributed by atoms with van der Waals surface area (Å²) in [6.45, 7) is 1.93. The monoisotopic (exact) mass is 238 g/mol. The van der Waals surface area contributed by atoms with Crippen LogP contribution in [0.1, 0.15) is 18.3 Å². The van der Waals surface area contributed by atoms with E-state index in [1.54, 1.807) is 12.4 Å². The van der Waals surface area contributed by atoms with E-state index in [9.17, 15) is 0 Å². The lowest BCUT2D eigenvalue weighted by Gasteiger charge is -2.03. The first-order valence-electron chi connectivity index (χ1n) is 5.25. The molecule has 88 valence electrons. The fourth-order valence-corrected chi connectivity index (χ4v) is 1.26. The molecule has 6 heteroatoms. The number of nitrogens with zero attached hydrogens (tertiary/aromatic N) is 5. The summed E-state index contributed by atoms with van der Waals surface area (Å²) in [5.74, 6) is 0.585. The number of allylic oxidation sites excluding steroid dienone is 1. The van der Waals surface area contributed by atoms with E-state index in [0.29, 0.717) is 11.6 Å². The number of anilines is 2. The summed E-state index contributed by atoms with van der Waals surface area (Å²) in [7, 11) is 0. The van der Waals surface area contributed by atoms with E-state index in [2.05, 4.69) is 25.3 Å². The molecule has 0 aliphatic heterocycles. The van der Waals surface area contributed by atoms with E-state index in [0.717, 1.165) is 5.56 Å². The van der Waals surface area contributed by atoms with Gasteiger partial charge in [0.25, 0.3) is 0 Å². The summed E-state index contributed by atoms with van der Waals surface area (Å²) >= 11 is 0. The van der Waals surface area contributed by atoms with Crippen molar-refractivity contribution in [3.05, 3.63) is 42.3 Å². The molecular formula is C12H10N6. The normalized spacial score (nSPS) is 10.2. The van der Waals surface area contributed by atoms with Crippen LogP contribution in [-0.2, 0) is 0 Å². The number of aromatic nitrogens is 4. The fraction of sp³-hybridized carbons (Fsp3) is 0.0833. The SMILES string of the molecule is C/C=C/c1cnc(Nc2cnc(C#N)nc2)nc1. The van der Waals surface area contributed by atoms with E-state index in [4.69, 9.17) is 5.26 Å². The molecule has 0 saturated heterocycles. The van der Waals surface area contributed by atoms with Crippen LogP contribution in [0.25, 0.3) is 6.08 Å². The van der Waals surface area contributed by atoms with E-state index >= 15 is 0 Å². The van der Waals surface area contributed by atoms with Crippen molar-refractivity contribution in [2.24, 2.45) is 0 Å². The second-order valence-electron chi connectivity index (χ2n) is 3.37. The first-order valence-corrected chi connectivity index (χ1v) is 5.25. The Bertz CT molecular complexity index is 579. The van der Waals surface area contributed by atoms with Crippen LogP contribution in [0, 0.1) is 11.3 Å². The molecule has 0 aromatic carbocycles. The van der Waals surface area contributed by atoms with E-state index < -0.39 is 0 Å². The largest absolute Gasteiger partial charge is 0.322 e. The molecule has 2 aromatic heterocycles. The van der Waals surface area contributed by atoms with E-state index in [1.807, 2.05) is 25.1 Å².